The monoisotopic (exact) mass is 499 g/mol. The minimum absolute atomic E-state index is 0.109. The number of carbonyl (C=O) groups is 5. The third-order valence-electron chi connectivity index (χ3n) is 3.98. The largest absolute Gasteiger partial charge is 0.363 e. The van der Waals surface area contributed by atoms with E-state index in [9.17, 15) is 24.0 Å². The number of ketones is 1. The summed E-state index contributed by atoms with van der Waals surface area (Å²) in [5.74, 6) is -3.39. The molecule has 0 radical (unpaired) electrons. The van der Waals surface area contributed by atoms with Gasteiger partial charge in [0.2, 0.25) is 23.5 Å². The van der Waals surface area contributed by atoms with E-state index < -0.39 is 53.6 Å². The fraction of sp³-hybridized carbons (Fsp3) is 0.688. The molecule has 0 saturated carbocycles. The smallest absolute Gasteiger partial charge is 0.287 e. The van der Waals surface area contributed by atoms with Crippen LogP contribution in [0.1, 0.15) is 0 Å². The number of nitrogens with one attached hydrogen (secondary N) is 2. The van der Waals surface area contributed by atoms with Crippen LogP contribution in [0.15, 0.2) is 0 Å². The molecule has 0 bridgehead atoms. The molecule has 30 heavy (non-hydrogen) atoms. The van der Waals surface area contributed by atoms with E-state index >= 15 is 0 Å². The summed E-state index contributed by atoms with van der Waals surface area (Å²) >= 11 is 10.6. The third-order valence-corrected chi connectivity index (χ3v) is 6.06. The van der Waals surface area contributed by atoms with Crippen LogP contribution < -0.4 is 22.1 Å². The highest BCUT2D eigenvalue weighted by molar-refractivity contribution is 7.98. The molecule has 0 aromatic carbocycles. The Bertz CT molecular complexity index is 639. The Kier molecular flexibility index (Phi) is 14.3. The minimum Gasteiger partial charge on any atom is -0.363 e. The normalized spacial score (nSPS) is 14.7. The topological polar surface area (TPSA) is 165 Å². The average Bonchev–Trinajstić information content (AvgIpc) is 2.72. The van der Waals surface area contributed by atoms with Crippen LogP contribution >= 0.6 is 48.8 Å². The van der Waals surface area contributed by atoms with E-state index in [0.717, 1.165) is 0 Å². The van der Waals surface area contributed by atoms with E-state index in [0.29, 0.717) is 0 Å². The number of likely N-dealkylation sites (N-methyl/N-ethyl adjacent to an activating group) is 1. The van der Waals surface area contributed by atoms with Crippen LogP contribution in [-0.4, -0.2) is 101 Å². The Balaban J connectivity index is 5.49. The second-order valence-electron chi connectivity index (χ2n) is 6.20. The lowest BCUT2D eigenvalue weighted by Crippen LogP contribution is -2.59. The standard InChI is InChI=1S/C16H29N5O5S4/c1-21(16(26)10(6-29-2)20-14(24)8(17)4-27)11(7-30-3)15(25)19-9(5-28)12(22)13(18)23/h8-11,27-28H,4-7,17H2,1-3H3,(H2,18,23)(H,19,25)(H,20,24)/t8-,9-,10?,11?/m0/s1. The van der Waals surface area contributed by atoms with Crippen molar-refractivity contribution in [3.63, 3.8) is 0 Å². The fourth-order valence-corrected chi connectivity index (χ4v) is 3.93. The van der Waals surface area contributed by atoms with Gasteiger partial charge in [0, 0.05) is 30.1 Å². The van der Waals surface area contributed by atoms with Crippen LogP contribution in [-0.2, 0) is 24.0 Å². The Hall–Kier alpha value is -1.09. The molecule has 0 saturated heterocycles. The lowest BCUT2D eigenvalue weighted by molar-refractivity contribution is -0.142. The van der Waals surface area contributed by atoms with Crippen LogP contribution in [0.5, 0.6) is 0 Å². The van der Waals surface area contributed by atoms with Crippen molar-refractivity contribution in [3.8, 4) is 0 Å². The van der Waals surface area contributed by atoms with Gasteiger partial charge in [0.1, 0.15) is 18.1 Å². The van der Waals surface area contributed by atoms with Gasteiger partial charge < -0.3 is 27.0 Å². The van der Waals surface area contributed by atoms with Crippen molar-refractivity contribution in [1.29, 1.82) is 0 Å². The van der Waals surface area contributed by atoms with E-state index in [-0.39, 0.29) is 23.0 Å². The number of nitrogens with zero attached hydrogens (tertiary/aromatic N) is 1. The van der Waals surface area contributed by atoms with Gasteiger partial charge in [-0.15, -0.1) is 0 Å². The molecule has 0 spiro atoms. The van der Waals surface area contributed by atoms with Gasteiger partial charge in [0.25, 0.3) is 5.91 Å². The first-order valence-corrected chi connectivity index (χ1v) is 12.8. The molecule has 0 aliphatic rings. The van der Waals surface area contributed by atoms with Gasteiger partial charge in [-0.25, -0.2) is 0 Å². The summed E-state index contributed by atoms with van der Waals surface area (Å²) in [7, 11) is 1.42. The van der Waals surface area contributed by atoms with E-state index in [1.165, 1.54) is 35.5 Å². The summed E-state index contributed by atoms with van der Waals surface area (Å²) in [4.78, 5) is 62.0. The second-order valence-corrected chi connectivity index (χ2v) is 8.75. The van der Waals surface area contributed by atoms with Crippen molar-refractivity contribution in [3.05, 3.63) is 0 Å². The molecule has 14 heteroatoms. The van der Waals surface area contributed by atoms with E-state index in [1.54, 1.807) is 12.5 Å². The molecule has 0 fully saturated rings. The number of primary amides is 1. The highest BCUT2D eigenvalue weighted by Gasteiger charge is 2.34. The zero-order chi connectivity index (χ0) is 23.4. The summed E-state index contributed by atoms with van der Waals surface area (Å²) < 4.78 is 0. The molecule has 0 aromatic rings. The molecule has 4 amide bonds. The number of thiol groups is 2. The number of Topliss-reactive ketones (excluding diaryl/α,β-unsaturated/α-hetero) is 1. The Morgan fingerprint density at radius 3 is 1.90 bits per heavy atom. The number of hydrogen-bond donors (Lipinski definition) is 6. The summed E-state index contributed by atoms with van der Waals surface area (Å²) in [6, 6.07) is -3.96. The predicted octanol–water partition coefficient (Wildman–Crippen LogP) is -2.25. The van der Waals surface area contributed by atoms with Gasteiger partial charge in [-0.2, -0.15) is 48.8 Å². The summed E-state index contributed by atoms with van der Waals surface area (Å²) in [5, 5.41) is 4.99. The maximum atomic E-state index is 13.0. The molecule has 0 aromatic heterocycles. The number of carbonyl (C=O) groups excluding carboxylic acids is 5. The average molecular weight is 500 g/mol. The van der Waals surface area contributed by atoms with Crippen LogP contribution in [0.3, 0.4) is 0 Å². The highest BCUT2D eigenvalue weighted by Crippen LogP contribution is 2.10. The number of hydrogen-bond acceptors (Lipinski definition) is 10. The van der Waals surface area contributed by atoms with Gasteiger partial charge in [-0.3, -0.25) is 24.0 Å². The molecule has 0 aliphatic carbocycles. The van der Waals surface area contributed by atoms with Crippen molar-refractivity contribution >= 4 is 78.2 Å². The number of amides is 4. The highest BCUT2D eigenvalue weighted by atomic mass is 32.2. The first kappa shape index (κ1) is 28.9. The summed E-state index contributed by atoms with van der Waals surface area (Å²) in [5.41, 5.74) is 10.6. The quantitative estimate of drug-likeness (QED) is 0.115. The minimum atomic E-state index is -1.21. The zero-order valence-corrected chi connectivity index (χ0v) is 20.4. The van der Waals surface area contributed by atoms with Crippen molar-refractivity contribution in [2.75, 3.05) is 42.6 Å². The second kappa shape index (κ2) is 14.8. The molecule has 2 unspecified atom stereocenters. The van der Waals surface area contributed by atoms with Crippen molar-refractivity contribution in [2.45, 2.75) is 24.2 Å². The predicted molar refractivity (Wildman–Crippen MR) is 127 cm³/mol. The van der Waals surface area contributed by atoms with E-state index in [4.69, 9.17) is 11.5 Å². The lowest BCUT2D eigenvalue weighted by Gasteiger charge is -2.31. The molecular weight excluding hydrogens is 470 g/mol. The van der Waals surface area contributed by atoms with Crippen molar-refractivity contribution in [2.24, 2.45) is 11.5 Å². The number of nitrogens with two attached hydrogens (primary N) is 2. The molecule has 0 aliphatic heterocycles. The maximum absolute atomic E-state index is 13.0. The van der Waals surface area contributed by atoms with Gasteiger partial charge >= 0.3 is 0 Å². The zero-order valence-electron chi connectivity index (χ0n) is 17.0. The number of rotatable bonds is 14. The lowest BCUT2D eigenvalue weighted by atomic mass is 10.1. The Labute approximate surface area is 195 Å². The van der Waals surface area contributed by atoms with E-state index in [1.807, 2.05) is 0 Å². The third kappa shape index (κ3) is 8.96. The maximum Gasteiger partial charge on any atom is 0.287 e. The summed E-state index contributed by atoms with van der Waals surface area (Å²) in [6.45, 7) is 0. The molecule has 10 nitrogen and oxygen atoms in total. The van der Waals surface area contributed by atoms with Gasteiger partial charge in [-0.1, -0.05) is 0 Å². The number of thioether (sulfide) groups is 2. The Morgan fingerprint density at radius 2 is 1.47 bits per heavy atom. The van der Waals surface area contributed by atoms with Crippen molar-refractivity contribution < 1.29 is 24.0 Å². The van der Waals surface area contributed by atoms with Crippen LogP contribution in [0.25, 0.3) is 0 Å². The molecule has 4 atom stereocenters. The SMILES string of the molecule is CSCC(NC(=O)[C@@H](N)CS)C(=O)N(C)C(CSC)C(=O)N[C@@H](CS)C(=O)C(N)=O. The summed E-state index contributed by atoms with van der Waals surface area (Å²) in [6.07, 6.45) is 3.51. The molecule has 0 heterocycles. The van der Waals surface area contributed by atoms with Crippen LogP contribution in [0, 0.1) is 0 Å². The first-order valence-electron chi connectivity index (χ1n) is 8.71. The Morgan fingerprint density at radius 1 is 0.933 bits per heavy atom. The van der Waals surface area contributed by atoms with Gasteiger partial charge in [-0.05, 0) is 12.5 Å². The first-order chi connectivity index (χ1) is 14.0. The fourth-order valence-electron chi connectivity index (χ4n) is 2.26. The molecule has 6 N–H and O–H groups in total. The molecule has 0 rings (SSSR count). The molecular formula is C16H29N5O5S4. The van der Waals surface area contributed by atoms with E-state index in [2.05, 4.69) is 35.9 Å². The molecule has 172 valence electrons. The van der Waals surface area contributed by atoms with Gasteiger partial charge in [0.05, 0.1) is 6.04 Å². The van der Waals surface area contributed by atoms with Crippen LogP contribution in [0.2, 0.25) is 0 Å². The van der Waals surface area contributed by atoms with Crippen molar-refractivity contribution in [1.82, 2.24) is 15.5 Å². The van der Waals surface area contributed by atoms with Gasteiger partial charge in [0.15, 0.2) is 0 Å². The van der Waals surface area contributed by atoms with Crippen LogP contribution in [0.4, 0.5) is 0 Å².